The molecule has 6 heteroatoms. The van der Waals surface area contributed by atoms with Gasteiger partial charge in [0, 0.05) is 37.6 Å². The van der Waals surface area contributed by atoms with E-state index in [9.17, 15) is 0 Å². The van der Waals surface area contributed by atoms with Gasteiger partial charge in [-0.3, -0.25) is 0 Å². The third-order valence-electron chi connectivity index (χ3n) is 2.96. The summed E-state index contributed by atoms with van der Waals surface area (Å²) in [5, 5.41) is 1.05. The van der Waals surface area contributed by atoms with Crippen LogP contribution < -0.4 is 10.6 Å². The molecule has 2 N–H and O–H groups in total. The van der Waals surface area contributed by atoms with Crippen LogP contribution in [-0.2, 0) is 11.2 Å². The van der Waals surface area contributed by atoms with Crippen molar-refractivity contribution in [3.8, 4) is 0 Å². The molecular formula is C11H20N4OS. The van der Waals surface area contributed by atoms with Gasteiger partial charge in [0.15, 0.2) is 0 Å². The molecule has 0 amide bonds. The lowest BCUT2D eigenvalue weighted by Crippen LogP contribution is -2.37. The van der Waals surface area contributed by atoms with Crippen LogP contribution in [0.25, 0.3) is 0 Å². The topological polar surface area (TPSA) is 64.3 Å². The molecule has 0 saturated carbocycles. The molecule has 0 aliphatic carbocycles. The first kappa shape index (κ1) is 12.7. The van der Waals surface area contributed by atoms with Crippen LogP contribution in [0.2, 0.25) is 0 Å². The molecule has 2 rings (SSSR count). The Hall–Kier alpha value is -0.720. The highest BCUT2D eigenvalue weighted by molar-refractivity contribution is 7.09. The van der Waals surface area contributed by atoms with Crippen molar-refractivity contribution >= 4 is 16.7 Å². The Morgan fingerprint density at radius 1 is 1.47 bits per heavy atom. The first-order valence-corrected chi connectivity index (χ1v) is 7.00. The summed E-state index contributed by atoms with van der Waals surface area (Å²) >= 11 is 1.50. The van der Waals surface area contributed by atoms with Gasteiger partial charge in [0.2, 0.25) is 5.13 Å². The molecule has 1 saturated heterocycles. The molecule has 2 heterocycles. The predicted molar refractivity (Wildman–Crippen MR) is 69.5 cm³/mol. The summed E-state index contributed by atoms with van der Waals surface area (Å²) in [5.74, 6) is 0.950. The molecule has 0 aromatic carbocycles. The molecule has 17 heavy (non-hydrogen) atoms. The van der Waals surface area contributed by atoms with Gasteiger partial charge in [0.25, 0.3) is 0 Å². The minimum Gasteiger partial charge on any atom is -0.377 e. The molecular weight excluding hydrogens is 236 g/mol. The number of nitrogens with zero attached hydrogens (tertiary/aromatic N) is 3. The zero-order valence-electron chi connectivity index (χ0n) is 10.3. The van der Waals surface area contributed by atoms with Crippen molar-refractivity contribution in [2.75, 3.05) is 31.1 Å². The Labute approximate surface area is 106 Å². The number of piperidine rings is 1. The lowest BCUT2D eigenvalue weighted by molar-refractivity contribution is 0.0422. The molecule has 0 bridgehead atoms. The van der Waals surface area contributed by atoms with E-state index in [-0.39, 0.29) is 0 Å². The summed E-state index contributed by atoms with van der Waals surface area (Å²) in [4.78, 5) is 6.82. The number of nitrogens with two attached hydrogens (primary N) is 1. The maximum Gasteiger partial charge on any atom is 0.205 e. The fraction of sp³-hybridized carbons (Fsp3) is 0.818. The monoisotopic (exact) mass is 256 g/mol. The molecule has 5 nitrogen and oxygen atoms in total. The van der Waals surface area contributed by atoms with E-state index >= 15 is 0 Å². The molecule has 1 aromatic rings. The van der Waals surface area contributed by atoms with Gasteiger partial charge in [-0.15, -0.1) is 0 Å². The second-order valence-corrected chi connectivity index (χ2v) is 4.92. The highest BCUT2D eigenvalue weighted by atomic mass is 32.1. The minimum atomic E-state index is 0.369. The number of rotatable bonds is 5. The van der Waals surface area contributed by atoms with Crippen LogP contribution in [0.3, 0.4) is 0 Å². The highest BCUT2D eigenvalue weighted by Crippen LogP contribution is 2.23. The van der Waals surface area contributed by atoms with E-state index in [0.717, 1.165) is 43.3 Å². The molecule has 0 spiro atoms. The molecule has 0 unspecified atom stereocenters. The number of ether oxygens (including phenoxy) is 1. The van der Waals surface area contributed by atoms with Crippen molar-refractivity contribution in [1.29, 1.82) is 0 Å². The van der Waals surface area contributed by atoms with Gasteiger partial charge < -0.3 is 15.4 Å². The Morgan fingerprint density at radius 2 is 2.24 bits per heavy atom. The highest BCUT2D eigenvalue weighted by Gasteiger charge is 2.21. The summed E-state index contributed by atoms with van der Waals surface area (Å²) in [6.07, 6.45) is 3.39. The zero-order chi connectivity index (χ0) is 12.1. The molecule has 0 atom stereocenters. The minimum absolute atomic E-state index is 0.369. The van der Waals surface area contributed by atoms with Gasteiger partial charge in [-0.1, -0.05) is 6.92 Å². The lowest BCUT2D eigenvalue weighted by atomic mass is 10.1. The quantitative estimate of drug-likeness (QED) is 0.853. The van der Waals surface area contributed by atoms with Crippen molar-refractivity contribution in [2.24, 2.45) is 5.73 Å². The third-order valence-corrected chi connectivity index (χ3v) is 3.77. The van der Waals surface area contributed by atoms with Crippen LogP contribution in [0.4, 0.5) is 5.13 Å². The van der Waals surface area contributed by atoms with Crippen molar-refractivity contribution < 1.29 is 4.74 Å². The van der Waals surface area contributed by atoms with Crippen LogP contribution in [0.15, 0.2) is 0 Å². The molecule has 1 aliphatic rings. The first-order chi connectivity index (χ1) is 8.33. The fourth-order valence-corrected chi connectivity index (χ4v) is 2.77. The third kappa shape index (κ3) is 3.37. The normalized spacial score (nSPS) is 17.6. The second-order valence-electron chi connectivity index (χ2n) is 4.19. The zero-order valence-corrected chi connectivity index (χ0v) is 11.1. The number of aromatic nitrogens is 2. The van der Waals surface area contributed by atoms with E-state index in [1.807, 2.05) is 0 Å². The predicted octanol–water partition coefficient (Wildman–Crippen LogP) is 1.04. The fourth-order valence-electron chi connectivity index (χ4n) is 1.97. The summed E-state index contributed by atoms with van der Waals surface area (Å²) in [7, 11) is 0. The molecule has 0 radical (unpaired) electrons. The maximum absolute atomic E-state index is 5.66. The second kappa shape index (κ2) is 6.28. The number of aryl methyl sites for hydroxylation is 1. The summed E-state index contributed by atoms with van der Waals surface area (Å²) < 4.78 is 9.98. The van der Waals surface area contributed by atoms with Crippen LogP contribution in [-0.4, -0.2) is 41.7 Å². The van der Waals surface area contributed by atoms with Gasteiger partial charge in [-0.05, 0) is 12.8 Å². The van der Waals surface area contributed by atoms with Gasteiger partial charge in [-0.2, -0.15) is 4.37 Å². The SMILES string of the molecule is CCc1nsc(N2CCC(OCCN)CC2)n1. The number of hydrogen-bond donors (Lipinski definition) is 1. The average Bonchev–Trinajstić information content (AvgIpc) is 2.86. The van der Waals surface area contributed by atoms with Crippen molar-refractivity contribution in [3.05, 3.63) is 5.82 Å². The largest absolute Gasteiger partial charge is 0.377 e. The standard InChI is InChI=1S/C11H20N4OS/c1-2-10-13-11(17-14-10)15-6-3-9(4-7-15)16-8-5-12/h9H,2-8,12H2,1H3. The smallest absolute Gasteiger partial charge is 0.205 e. The van der Waals surface area contributed by atoms with E-state index in [4.69, 9.17) is 10.5 Å². The van der Waals surface area contributed by atoms with Crippen molar-refractivity contribution in [1.82, 2.24) is 9.36 Å². The van der Waals surface area contributed by atoms with Crippen LogP contribution in [0.1, 0.15) is 25.6 Å². The number of hydrogen-bond acceptors (Lipinski definition) is 6. The van der Waals surface area contributed by atoms with Crippen molar-refractivity contribution in [3.63, 3.8) is 0 Å². The van der Waals surface area contributed by atoms with E-state index < -0.39 is 0 Å². The van der Waals surface area contributed by atoms with Crippen LogP contribution >= 0.6 is 11.5 Å². The van der Waals surface area contributed by atoms with E-state index in [1.54, 1.807) is 0 Å². The maximum atomic E-state index is 5.66. The summed E-state index contributed by atoms with van der Waals surface area (Å²) in [5.41, 5.74) is 5.43. The van der Waals surface area contributed by atoms with E-state index in [2.05, 4.69) is 21.2 Å². The van der Waals surface area contributed by atoms with Crippen molar-refractivity contribution in [2.45, 2.75) is 32.3 Å². The van der Waals surface area contributed by atoms with Gasteiger partial charge in [0.1, 0.15) is 5.82 Å². The van der Waals surface area contributed by atoms with E-state index in [0.29, 0.717) is 19.3 Å². The summed E-state index contributed by atoms with van der Waals surface area (Å²) in [6, 6.07) is 0. The Morgan fingerprint density at radius 3 is 2.82 bits per heavy atom. The van der Waals surface area contributed by atoms with Gasteiger partial charge in [-0.25, -0.2) is 4.98 Å². The van der Waals surface area contributed by atoms with Crippen LogP contribution in [0, 0.1) is 0 Å². The van der Waals surface area contributed by atoms with Gasteiger partial charge >= 0.3 is 0 Å². The van der Waals surface area contributed by atoms with Gasteiger partial charge in [0.05, 0.1) is 12.7 Å². The van der Waals surface area contributed by atoms with Crippen LogP contribution in [0.5, 0.6) is 0 Å². The Kier molecular flexibility index (Phi) is 4.70. The summed E-state index contributed by atoms with van der Waals surface area (Å²) in [6.45, 7) is 5.37. The average molecular weight is 256 g/mol. The molecule has 1 aliphatic heterocycles. The first-order valence-electron chi connectivity index (χ1n) is 6.22. The Balaban J connectivity index is 1.82. The van der Waals surface area contributed by atoms with E-state index in [1.165, 1.54) is 11.5 Å². The lowest BCUT2D eigenvalue weighted by Gasteiger charge is -2.31. The Bertz CT molecular complexity index is 336. The number of anilines is 1. The molecule has 1 aromatic heterocycles. The molecule has 96 valence electrons. The molecule has 1 fully saturated rings.